The van der Waals surface area contributed by atoms with E-state index in [2.05, 4.69) is 20.6 Å². The molecule has 30 heavy (non-hydrogen) atoms. The SMILES string of the molecule is Cc1nccn1-c1ccc(CNC(=O)c2ccc(Nc3ccncc3)cc2)cc1F. The Labute approximate surface area is 173 Å². The summed E-state index contributed by atoms with van der Waals surface area (Å²) in [5, 5.41) is 6.06. The van der Waals surface area contributed by atoms with Gasteiger partial charge in [-0.15, -0.1) is 0 Å². The Hall–Kier alpha value is -4.00. The molecule has 150 valence electrons. The number of aromatic nitrogens is 3. The van der Waals surface area contributed by atoms with Crippen LogP contribution >= 0.6 is 0 Å². The minimum atomic E-state index is -0.366. The summed E-state index contributed by atoms with van der Waals surface area (Å²) in [5.74, 6) is 0.117. The van der Waals surface area contributed by atoms with Crippen molar-refractivity contribution in [3.8, 4) is 5.69 Å². The number of amides is 1. The summed E-state index contributed by atoms with van der Waals surface area (Å²) in [6.45, 7) is 2.04. The van der Waals surface area contributed by atoms with Crippen LogP contribution in [0.3, 0.4) is 0 Å². The maximum atomic E-state index is 14.5. The molecule has 6 nitrogen and oxygen atoms in total. The molecule has 0 aliphatic carbocycles. The summed E-state index contributed by atoms with van der Waals surface area (Å²) in [4.78, 5) is 20.5. The van der Waals surface area contributed by atoms with Crippen molar-refractivity contribution in [2.75, 3.05) is 5.32 Å². The molecule has 2 heterocycles. The second-order valence-electron chi connectivity index (χ2n) is 6.75. The van der Waals surface area contributed by atoms with E-state index in [1.54, 1.807) is 53.6 Å². The lowest BCUT2D eigenvalue weighted by Gasteiger charge is -2.10. The number of hydrogen-bond acceptors (Lipinski definition) is 4. The highest BCUT2D eigenvalue weighted by Crippen LogP contribution is 2.18. The highest BCUT2D eigenvalue weighted by atomic mass is 19.1. The highest BCUT2D eigenvalue weighted by Gasteiger charge is 2.10. The average molecular weight is 401 g/mol. The molecule has 0 aliphatic heterocycles. The first-order valence-electron chi connectivity index (χ1n) is 9.44. The molecule has 0 bridgehead atoms. The van der Waals surface area contributed by atoms with Crippen molar-refractivity contribution in [2.45, 2.75) is 13.5 Å². The van der Waals surface area contributed by atoms with Crippen LogP contribution in [0.15, 0.2) is 79.4 Å². The first-order chi connectivity index (χ1) is 14.6. The molecule has 7 heteroatoms. The van der Waals surface area contributed by atoms with E-state index in [1.165, 1.54) is 6.07 Å². The van der Waals surface area contributed by atoms with Crippen LogP contribution < -0.4 is 10.6 Å². The predicted octanol–water partition coefficient (Wildman–Crippen LogP) is 4.39. The van der Waals surface area contributed by atoms with Crippen LogP contribution in [0, 0.1) is 12.7 Å². The monoisotopic (exact) mass is 401 g/mol. The van der Waals surface area contributed by atoms with E-state index in [9.17, 15) is 9.18 Å². The van der Waals surface area contributed by atoms with Crippen molar-refractivity contribution in [2.24, 2.45) is 0 Å². The molecular formula is C23H20FN5O. The number of nitrogens with zero attached hydrogens (tertiary/aromatic N) is 3. The molecule has 2 aromatic carbocycles. The van der Waals surface area contributed by atoms with Gasteiger partial charge in [0.25, 0.3) is 5.91 Å². The number of aryl methyl sites for hydroxylation is 1. The number of imidazole rings is 1. The topological polar surface area (TPSA) is 71.8 Å². The minimum absolute atomic E-state index is 0.222. The molecule has 0 unspecified atom stereocenters. The lowest BCUT2D eigenvalue weighted by atomic mass is 10.1. The summed E-state index contributed by atoms with van der Waals surface area (Å²) >= 11 is 0. The summed E-state index contributed by atoms with van der Waals surface area (Å²) in [6, 6.07) is 15.8. The summed E-state index contributed by atoms with van der Waals surface area (Å²) in [6.07, 6.45) is 6.75. The van der Waals surface area contributed by atoms with Crippen LogP contribution in [-0.2, 0) is 6.54 Å². The molecule has 0 aliphatic rings. The van der Waals surface area contributed by atoms with Gasteiger partial charge in [0, 0.05) is 48.3 Å². The normalized spacial score (nSPS) is 10.6. The predicted molar refractivity (Wildman–Crippen MR) is 113 cm³/mol. The van der Waals surface area contributed by atoms with Gasteiger partial charge < -0.3 is 15.2 Å². The van der Waals surface area contributed by atoms with E-state index in [-0.39, 0.29) is 18.3 Å². The largest absolute Gasteiger partial charge is 0.355 e. The van der Waals surface area contributed by atoms with E-state index < -0.39 is 0 Å². The van der Waals surface area contributed by atoms with E-state index in [4.69, 9.17) is 0 Å². The number of benzene rings is 2. The first kappa shape index (κ1) is 19.3. The van der Waals surface area contributed by atoms with Crippen molar-refractivity contribution < 1.29 is 9.18 Å². The molecule has 0 radical (unpaired) electrons. The lowest BCUT2D eigenvalue weighted by Crippen LogP contribution is -2.22. The van der Waals surface area contributed by atoms with Crippen LogP contribution in [0.5, 0.6) is 0 Å². The minimum Gasteiger partial charge on any atom is -0.355 e. The molecular weight excluding hydrogens is 381 g/mol. The fourth-order valence-corrected chi connectivity index (χ4v) is 3.08. The van der Waals surface area contributed by atoms with Crippen LogP contribution in [-0.4, -0.2) is 20.4 Å². The van der Waals surface area contributed by atoms with E-state index in [0.717, 1.165) is 11.4 Å². The molecule has 0 fully saturated rings. The Morgan fingerprint density at radius 1 is 1.00 bits per heavy atom. The third-order valence-corrected chi connectivity index (χ3v) is 4.67. The van der Waals surface area contributed by atoms with Crippen molar-refractivity contribution in [3.05, 3.63) is 102 Å². The number of carbonyl (C=O) groups excluding carboxylic acids is 1. The lowest BCUT2D eigenvalue weighted by molar-refractivity contribution is 0.0951. The van der Waals surface area contributed by atoms with Gasteiger partial charge in [-0.25, -0.2) is 9.37 Å². The number of rotatable bonds is 6. The first-order valence-corrected chi connectivity index (χ1v) is 9.44. The van der Waals surface area contributed by atoms with Crippen molar-refractivity contribution >= 4 is 17.3 Å². The average Bonchev–Trinajstić information content (AvgIpc) is 3.19. The van der Waals surface area contributed by atoms with Crippen LogP contribution in [0.25, 0.3) is 5.69 Å². The van der Waals surface area contributed by atoms with Gasteiger partial charge in [0.15, 0.2) is 0 Å². The third-order valence-electron chi connectivity index (χ3n) is 4.67. The molecule has 1 amide bonds. The number of anilines is 2. The number of hydrogen-bond donors (Lipinski definition) is 2. The van der Waals surface area contributed by atoms with Gasteiger partial charge in [-0.05, 0) is 61.0 Å². The Bertz CT molecular complexity index is 1160. The van der Waals surface area contributed by atoms with E-state index in [1.807, 2.05) is 31.2 Å². The van der Waals surface area contributed by atoms with Gasteiger partial charge in [0.2, 0.25) is 0 Å². The summed E-state index contributed by atoms with van der Waals surface area (Å²) in [7, 11) is 0. The van der Waals surface area contributed by atoms with E-state index in [0.29, 0.717) is 22.6 Å². The van der Waals surface area contributed by atoms with Crippen molar-refractivity contribution in [3.63, 3.8) is 0 Å². The molecule has 0 spiro atoms. The molecule has 4 rings (SSSR count). The number of carbonyl (C=O) groups is 1. The zero-order valence-corrected chi connectivity index (χ0v) is 16.3. The fraction of sp³-hybridized carbons (Fsp3) is 0.0870. The highest BCUT2D eigenvalue weighted by molar-refractivity contribution is 5.94. The smallest absolute Gasteiger partial charge is 0.251 e. The Morgan fingerprint density at radius 3 is 2.40 bits per heavy atom. The Kier molecular flexibility index (Phi) is 5.52. The molecule has 2 N–H and O–H groups in total. The van der Waals surface area contributed by atoms with Gasteiger partial charge in [0.1, 0.15) is 11.6 Å². The second-order valence-corrected chi connectivity index (χ2v) is 6.75. The fourth-order valence-electron chi connectivity index (χ4n) is 3.08. The van der Waals surface area contributed by atoms with Gasteiger partial charge >= 0.3 is 0 Å². The van der Waals surface area contributed by atoms with Crippen LogP contribution in [0.4, 0.5) is 15.8 Å². The molecule has 0 atom stereocenters. The third kappa shape index (κ3) is 4.35. The number of halogens is 1. The van der Waals surface area contributed by atoms with Crippen LogP contribution in [0.2, 0.25) is 0 Å². The van der Waals surface area contributed by atoms with Gasteiger partial charge in [-0.2, -0.15) is 0 Å². The van der Waals surface area contributed by atoms with Gasteiger partial charge in [-0.3, -0.25) is 9.78 Å². The molecule has 2 aromatic heterocycles. The summed E-state index contributed by atoms with van der Waals surface area (Å²) in [5.41, 5.74) is 3.42. The summed E-state index contributed by atoms with van der Waals surface area (Å²) < 4.78 is 16.2. The Morgan fingerprint density at radius 2 is 1.73 bits per heavy atom. The van der Waals surface area contributed by atoms with E-state index >= 15 is 0 Å². The molecule has 0 saturated carbocycles. The second kappa shape index (κ2) is 8.57. The standard InChI is InChI=1S/C23H20FN5O/c1-16-26-12-13-29(16)22-7-2-17(14-21(22)24)15-27-23(30)18-3-5-19(6-4-18)28-20-8-10-25-11-9-20/h2-14H,15H2,1H3,(H,25,28)(H,27,30). The van der Waals surface area contributed by atoms with Crippen LogP contribution in [0.1, 0.15) is 21.7 Å². The maximum absolute atomic E-state index is 14.5. The Balaban J connectivity index is 1.37. The molecule has 4 aromatic rings. The zero-order valence-electron chi connectivity index (χ0n) is 16.3. The van der Waals surface area contributed by atoms with Gasteiger partial charge in [0.05, 0.1) is 5.69 Å². The van der Waals surface area contributed by atoms with Crippen molar-refractivity contribution in [1.82, 2.24) is 19.9 Å². The van der Waals surface area contributed by atoms with Gasteiger partial charge in [-0.1, -0.05) is 6.07 Å². The zero-order chi connectivity index (χ0) is 20.9. The quantitative estimate of drug-likeness (QED) is 0.503. The maximum Gasteiger partial charge on any atom is 0.251 e. The molecule has 0 saturated heterocycles. The van der Waals surface area contributed by atoms with Crippen molar-refractivity contribution in [1.29, 1.82) is 0 Å². The number of pyridine rings is 1. The number of nitrogens with one attached hydrogen (secondary N) is 2.